The summed E-state index contributed by atoms with van der Waals surface area (Å²) in [4.78, 5) is 30.9. The molecule has 1 aromatic carbocycles. The molecule has 0 unspecified atom stereocenters. The van der Waals surface area contributed by atoms with Crippen LogP contribution in [0.2, 0.25) is 0 Å². The van der Waals surface area contributed by atoms with Gasteiger partial charge in [-0.2, -0.15) is 4.98 Å². The van der Waals surface area contributed by atoms with Gasteiger partial charge in [0.25, 0.3) is 5.56 Å². The third kappa shape index (κ3) is 4.26. The van der Waals surface area contributed by atoms with E-state index in [4.69, 9.17) is 10.5 Å². The standard InChI is InChI=1S/C19H21BrF2N4O3/c1-10(2)26-18(28)15(20)17(29-9-11-5-6-12(21)8-13(11)22)24-19(26)25-7-3-4-14(25)16(23)27/h5-6,8,10,14H,3-4,7,9H2,1-2H3,(H2,23,27)/t14-/m1/s1. The number of halogens is 3. The number of hydrogen-bond donors (Lipinski definition) is 1. The molecule has 7 nitrogen and oxygen atoms in total. The van der Waals surface area contributed by atoms with E-state index < -0.39 is 29.1 Å². The summed E-state index contributed by atoms with van der Waals surface area (Å²) in [6.45, 7) is 3.91. The van der Waals surface area contributed by atoms with E-state index in [0.29, 0.717) is 13.0 Å². The number of amides is 1. The summed E-state index contributed by atoms with van der Waals surface area (Å²) in [5, 5.41) is 0. The van der Waals surface area contributed by atoms with E-state index in [0.717, 1.165) is 18.6 Å². The molecule has 0 spiro atoms. The first kappa shape index (κ1) is 21.2. The molecular formula is C19H21BrF2N4O3. The van der Waals surface area contributed by atoms with Gasteiger partial charge in [0.1, 0.15) is 28.8 Å². The Labute approximate surface area is 174 Å². The molecule has 1 atom stereocenters. The molecule has 29 heavy (non-hydrogen) atoms. The monoisotopic (exact) mass is 470 g/mol. The Bertz CT molecular complexity index is 996. The fraction of sp³-hybridized carbons (Fsp3) is 0.421. The molecule has 1 saturated heterocycles. The van der Waals surface area contributed by atoms with Crippen molar-refractivity contribution in [2.24, 2.45) is 5.73 Å². The van der Waals surface area contributed by atoms with Gasteiger partial charge in [0, 0.05) is 24.2 Å². The maximum Gasteiger partial charge on any atom is 0.273 e. The summed E-state index contributed by atoms with van der Waals surface area (Å²) in [6.07, 6.45) is 1.30. The van der Waals surface area contributed by atoms with Gasteiger partial charge in [-0.1, -0.05) is 0 Å². The minimum absolute atomic E-state index is 0.0410. The quantitative estimate of drug-likeness (QED) is 0.700. The smallest absolute Gasteiger partial charge is 0.273 e. The van der Waals surface area contributed by atoms with Crippen LogP contribution in [0, 0.1) is 11.6 Å². The normalized spacial score (nSPS) is 16.5. The minimum atomic E-state index is -0.759. The minimum Gasteiger partial charge on any atom is -0.472 e. The number of aromatic nitrogens is 2. The van der Waals surface area contributed by atoms with Crippen molar-refractivity contribution < 1.29 is 18.3 Å². The molecule has 3 rings (SSSR count). The lowest BCUT2D eigenvalue weighted by Crippen LogP contribution is -2.44. The second kappa shape index (κ2) is 8.48. The number of ether oxygens (including phenoxy) is 1. The lowest BCUT2D eigenvalue weighted by atomic mass is 10.2. The number of hydrogen-bond acceptors (Lipinski definition) is 5. The lowest BCUT2D eigenvalue weighted by Gasteiger charge is -2.28. The molecule has 0 bridgehead atoms. The Morgan fingerprint density at radius 2 is 2.14 bits per heavy atom. The molecule has 0 saturated carbocycles. The summed E-state index contributed by atoms with van der Waals surface area (Å²) in [5.74, 6) is -1.72. The van der Waals surface area contributed by atoms with Crippen LogP contribution in [0.15, 0.2) is 27.5 Å². The fourth-order valence-electron chi connectivity index (χ4n) is 3.33. The fourth-order valence-corrected chi connectivity index (χ4v) is 3.73. The van der Waals surface area contributed by atoms with E-state index in [9.17, 15) is 18.4 Å². The van der Waals surface area contributed by atoms with Crippen LogP contribution in [0.4, 0.5) is 14.7 Å². The topological polar surface area (TPSA) is 90.5 Å². The Kier molecular flexibility index (Phi) is 6.21. The molecule has 0 aliphatic carbocycles. The largest absolute Gasteiger partial charge is 0.472 e. The second-order valence-electron chi connectivity index (χ2n) is 7.08. The van der Waals surface area contributed by atoms with Crippen molar-refractivity contribution in [1.29, 1.82) is 0 Å². The third-order valence-corrected chi connectivity index (χ3v) is 5.42. The SMILES string of the molecule is CC(C)n1c(N2CCC[C@@H]2C(N)=O)nc(OCc2ccc(F)cc2F)c(Br)c1=O. The van der Waals surface area contributed by atoms with Gasteiger partial charge < -0.3 is 15.4 Å². The first-order valence-corrected chi connectivity index (χ1v) is 9.94. The predicted molar refractivity (Wildman–Crippen MR) is 107 cm³/mol. The Morgan fingerprint density at radius 3 is 2.76 bits per heavy atom. The van der Waals surface area contributed by atoms with E-state index in [1.54, 1.807) is 4.90 Å². The summed E-state index contributed by atoms with van der Waals surface area (Å²) < 4.78 is 34.1. The molecule has 1 aliphatic rings. The number of primary amides is 1. The highest BCUT2D eigenvalue weighted by Gasteiger charge is 2.33. The van der Waals surface area contributed by atoms with E-state index in [1.165, 1.54) is 10.6 Å². The van der Waals surface area contributed by atoms with Crippen LogP contribution >= 0.6 is 15.9 Å². The van der Waals surface area contributed by atoms with Crippen molar-refractivity contribution in [3.63, 3.8) is 0 Å². The maximum absolute atomic E-state index is 13.9. The van der Waals surface area contributed by atoms with Crippen LogP contribution in [0.5, 0.6) is 5.88 Å². The van der Waals surface area contributed by atoms with Gasteiger partial charge in [-0.25, -0.2) is 8.78 Å². The molecule has 0 radical (unpaired) electrons. The highest BCUT2D eigenvalue weighted by atomic mass is 79.9. The summed E-state index contributed by atoms with van der Waals surface area (Å²) in [6, 6.07) is 2.33. The summed E-state index contributed by atoms with van der Waals surface area (Å²) >= 11 is 3.21. The Morgan fingerprint density at radius 1 is 1.41 bits per heavy atom. The zero-order valence-corrected chi connectivity index (χ0v) is 17.6. The molecule has 2 heterocycles. The Balaban J connectivity index is 2.01. The van der Waals surface area contributed by atoms with Crippen molar-refractivity contribution in [1.82, 2.24) is 9.55 Å². The van der Waals surface area contributed by atoms with E-state index in [1.807, 2.05) is 13.8 Å². The number of nitrogens with two attached hydrogens (primary N) is 1. The number of anilines is 1. The second-order valence-corrected chi connectivity index (χ2v) is 7.87. The number of carbonyl (C=O) groups excluding carboxylic acids is 1. The third-order valence-electron chi connectivity index (χ3n) is 4.75. The molecule has 156 valence electrons. The first-order valence-electron chi connectivity index (χ1n) is 9.15. The van der Waals surface area contributed by atoms with Crippen LogP contribution in [0.25, 0.3) is 0 Å². The molecule has 1 aliphatic heterocycles. The molecule has 2 N–H and O–H groups in total. The summed E-state index contributed by atoms with van der Waals surface area (Å²) in [5.41, 5.74) is 5.24. The van der Waals surface area contributed by atoms with Crippen molar-refractivity contribution in [3.8, 4) is 5.88 Å². The Hall–Kier alpha value is -2.49. The van der Waals surface area contributed by atoms with E-state index in [2.05, 4.69) is 20.9 Å². The number of carbonyl (C=O) groups is 1. The van der Waals surface area contributed by atoms with Crippen LogP contribution in [-0.2, 0) is 11.4 Å². The van der Waals surface area contributed by atoms with E-state index in [-0.39, 0.29) is 34.5 Å². The zero-order chi connectivity index (χ0) is 21.3. The van der Waals surface area contributed by atoms with Crippen LogP contribution in [-0.4, -0.2) is 28.0 Å². The van der Waals surface area contributed by atoms with E-state index >= 15 is 0 Å². The van der Waals surface area contributed by atoms with Crippen LogP contribution < -0.4 is 20.9 Å². The number of rotatable bonds is 6. The molecule has 10 heteroatoms. The van der Waals surface area contributed by atoms with Gasteiger partial charge in [-0.3, -0.25) is 14.2 Å². The molecule has 2 aromatic rings. The van der Waals surface area contributed by atoms with Gasteiger partial charge in [0.2, 0.25) is 17.7 Å². The average molecular weight is 471 g/mol. The predicted octanol–water partition coefficient (Wildman–Crippen LogP) is 2.90. The van der Waals surface area contributed by atoms with Gasteiger partial charge in [-0.15, -0.1) is 0 Å². The van der Waals surface area contributed by atoms with Crippen LogP contribution in [0.1, 0.15) is 38.3 Å². The maximum atomic E-state index is 13.9. The lowest BCUT2D eigenvalue weighted by molar-refractivity contribution is -0.119. The van der Waals surface area contributed by atoms with Crippen LogP contribution in [0.3, 0.4) is 0 Å². The highest BCUT2D eigenvalue weighted by Crippen LogP contribution is 2.30. The number of nitrogens with zero attached hydrogens (tertiary/aromatic N) is 3. The first-order chi connectivity index (χ1) is 13.7. The van der Waals surface area contributed by atoms with Gasteiger partial charge in [0.15, 0.2) is 0 Å². The molecule has 1 aromatic heterocycles. The van der Waals surface area contributed by atoms with Gasteiger partial charge in [0.05, 0.1) is 0 Å². The summed E-state index contributed by atoms with van der Waals surface area (Å²) in [7, 11) is 0. The average Bonchev–Trinajstić information content (AvgIpc) is 3.13. The highest BCUT2D eigenvalue weighted by molar-refractivity contribution is 9.10. The van der Waals surface area contributed by atoms with Crippen molar-refractivity contribution in [2.75, 3.05) is 11.4 Å². The van der Waals surface area contributed by atoms with Crippen molar-refractivity contribution >= 4 is 27.8 Å². The molecule has 1 amide bonds. The molecular weight excluding hydrogens is 450 g/mol. The van der Waals surface area contributed by atoms with Gasteiger partial charge in [-0.05, 0) is 54.8 Å². The molecule has 1 fully saturated rings. The zero-order valence-electron chi connectivity index (χ0n) is 16.0. The van der Waals surface area contributed by atoms with Crippen molar-refractivity contribution in [2.45, 2.75) is 45.4 Å². The van der Waals surface area contributed by atoms with Crippen molar-refractivity contribution in [3.05, 3.63) is 50.2 Å². The number of benzene rings is 1. The van der Waals surface area contributed by atoms with Gasteiger partial charge >= 0.3 is 0 Å².